The van der Waals surface area contributed by atoms with Crippen molar-refractivity contribution in [2.75, 3.05) is 0 Å². The van der Waals surface area contributed by atoms with Crippen LogP contribution in [0.3, 0.4) is 0 Å². The van der Waals surface area contributed by atoms with Crippen LogP contribution in [0.1, 0.15) is 17.3 Å². The summed E-state index contributed by atoms with van der Waals surface area (Å²) in [6.45, 7) is 0. The molecule has 0 bridgehead atoms. The Bertz CT molecular complexity index is 680. The lowest BCUT2D eigenvalue weighted by molar-refractivity contribution is 0.620. The number of nitrogens with two attached hydrogens (primary N) is 1. The van der Waals surface area contributed by atoms with E-state index in [0.29, 0.717) is 0 Å². The second kappa shape index (κ2) is 5.05. The van der Waals surface area contributed by atoms with Crippen molar-refractivity contribution in [1.82, 2.24) is 25.4 Å². The van der Waals surface area contributed by atoms with Gasteiger partial charge in [0.25, 0.3) is 0 Å². The maximum Gasteiger partial charge on any atom is 0.0939 e. The highest BCUT2D eigenvalue weighted by atomic mass is 15.2. The number of nitrogens with one attached hydrogen (secondary N) is 1. The van der Waals surface area contributed by atoms with Crippen LogP contribution < -0.4 is 11.3 Å². The van der Waals surface area contributed by atoms with Gasteiger partial charge in [0, 0.05) is 30.4 Å². The largest absolute Gasteiger partial charge is 0.271 e. The highest BCUT2D eigenvalue weighted by molar-refractivity contribution is 5.78. The van der Waals surface area contributed by atoms with Gasteiger partial charge in [0.15, 0.2) is 0 Å². The number of hydrogen-bond acceptors (Lipinski definition) is 6. The Kier molecular flexibility index (Phi) is 3.09. The van der Waals surface area contributed by atoms with Crippen molar-refractivity contribution in [1.29, 1.82) is 0 Å². The standard InChI is InChI=1S/C13H12N6/c14-19-13(11-8-15-4-5-17-11)9-2-1-3-10-12(9)18-7-6-16-10/h1-8,13,19H,14H2. The van der Waals surface area contributed by atoms with Crippen molar-refractivity contribution in [3.63, 3.8) is 0 Å². The van der Waals surface area contributed by atoms with Gasteiger partial charge in [0.2, 0.25) is 0 Å². The topological polar surface area (TPSA) is 89.6 Å². The Balaban J connectivity index is 2.17. The fourth-order valence-electron chi connectivity index (χ4n) is 2.04. The number of fused-ring (bicyclic) bond motifs is 1. The Morgan fingerprint density at radius 2 is 1.84 bits per heavy atom. The van der Waals surface area contributed by atoms with Crippen LogP contribution in [0.5, 0.6) is 0 Å². The summed E-state index contributed by atoms with van der Waals surface area (Å²) in [5, 5.41) is 0. The molecule has 0 saturated heterocycles. The van der Waals surface area contributed by atoms with Crippen molar-refractivity contribution in [3.8, 4) is 0 Å². The molecule has 1 unspecified atom stereocenters. The minimum Gasteiger partial charge on any atom is -0.271 e. The van der Waals surface area contributed by atoms with E-state index in [1.54, 1.807) is 31.0 Å². The highest BCUT2D eigenvalue weighted by Crippen LogP contribution is 2.24. The number of aromatic nitrogens is 4. The average Bonchev–Trinajstić information content (AvgIpc) is 2.49. The smallest absolute Gasteiger partial charge is 0.0939 e. The molecule has 0 saturated carbocycles. The summed E-state index contributed by atoms with van der Waals surface area (Å²) in [6.07, 6.45) is 8.27. The molecule has 3 N–H and O–H groups in total. The summed E-state index contributed by atoms with van der Waals surface area (Å²) < 4.78 is 0. The maximum atomic E-state index is 5.66. The van der Waals surface area contributed by atoms with Crippen molar-refractivity contribution in [2.24, 2.45) is 5.84 Å². The van der Waals surface area contributed by atoms with E-state index in [9.17, 15) is 0 Å². The van der Waals surface area contributed by atoms with Crippen LogP contribution in [-0.4, -0.2) is 19.9 Å². The highest BCUT2D eigenvalue weighted by Gasteiger charge is 2.17. The zero-order valence-corrected chi connectivity index (χ0v) is 10.1. The number of benzene rings is 1. The lowest BCUT2D eigenvalue weighted by Gasteiger charge is -2.16. The number of rotatable bonds is 3. The molecule has 0 spiro atoms. The van der Waals surface area contributed by atoms with Crippen LogP contribution in [0.4, 0.5) is 0 Å². The zero-order valence-electron chi connectivity index (χ0n) is 10.1. The normalized spacial score (nSPS) is 12.5. The molecule has 0 aliphatic heterocycles. The maximum absolute atomic E-state index is 5.66. The third kappa shape index (κ3) is 2.14. The van der Waals surface area contributed by atoms with E-state index in [0.717, 1.165) is 22.3 Å². The predicted octanol–water partition coefficient (Wildman–Crippen LogP) is 0.972. The van der Waals surface area contributed by atoms with Crippen molar-refractivity contribution in [3.05, 3.63) is 60.4 Å². The molecule has 2 aromatic heterocycles. The molecule has 94 valence electrons. The molecule has 0 aliphatic rings. The lowest BCUT2D eigenvalue weighted by atomic mass is 10.0. The van der Waals surface area contributed by atoms with Crippen molar-refractivity contribution in [2.45, 2.75) is 6.04 Å². The first-order valence-electron chi connectivity index (χ1n) is 5.82. The third-order valence-corrected chi connectivity index (χ3v) is 2.89. The quantitative estimate of drug-likeness (QED) is 0.533. The second-order valence-corrected chi connectivity index (χ2v) is 4.00. The Labute approximate surface area is 109 Å². The molecule has 3 aromatic rings. The van der Waals surface area contributed by atoms with Crippen LogP contribution in [0.15, 0.2) is 49.2 Å². The molecule has 2 heterocycles. The first-order valence-corrected chi connectivity index (χ1v) is 5.82. The van der Waals surface area contributed by atoms with E-state index in [1.165, 1.54) is 0 Å². The van der Waals surface area contributed by atoms with E-state index in [4.69, 9.17) is 5.84 Å². The number of hydrogen-bond donors (Lipinski definition) is 2. The van der Waals surface area contributed by atoms with Crippen molar-refractivity contribution < 1.29 is 0 Å². The molecule has 0 amide bonds. The van der Waals surface area contributed by atoms with E-state index in [2.05, 4.69) is 25.4 Å². The molecule has 6 nitrogen and oxygen atoms in total. The third-order valence-electron chi connectivity index (χ3n) is 2.89. The molecule has 19 heavy (non-hydrogen) atoms. The molecule has 0 radical (unpaired) electrons. The summed E-state index contributed by atoms with van der Waals surface area (Å²) >= 11 is 0. The van der Waals surface area contributed by atoms with Gasteiger partial charge in [-0.2, -0.15) is 0 Å². The minimum absolute atomic E-state index is 0.269. The molecule has 3 rings (SSSR count). The molecule has 6 heteroatoms. The molecule has 1 aromatic carbocycles. The van der Waals surface area contributed by atoms with Gasteiger partial charge >= 0.3 is 0 Å². The van der Waals surface area contributed by atoms with Crippen LogP contribution in [0.2, 0.25) is 0 Å². The van der Waals surface area contributed by atoms with Gasteiger partial charge in [-0.3, -0.25) is 25.8 Å². The van der Waals surface area contributed by atoms with Gasteiger partial charge in [-0.1, -0.05) is 12.1 Å². The first kappa shape index (κ1) is 11.6. The minimum atomic E-state index is -0.269. The average molecular weight is 252 g/mol. The summed E-state index contributed by atoms with van der Waals surface area (Å²) in [6, 6.07) is 5.52. The van der Waals surface area contributed by atoms with E-state index in [1.807, 2.05) is 18.2 Å². The van der Waals surface area contributed by atoms with Gasteiger partial charge in [-0.05, 0) is 6.07 Å². The predicted molar refractivity (Wildman–Crippen MR) is 70.7 cm³/mol. The van der Waals surface area contributed by atoms with Crippen molar-refractivity contribution >= 4 is 11.0 Å². The van der Waals surface area contributed by atoms with E-state index >= 15 is 0 Å². The number of hydrazine groups is 1. The van der Waals surface area contributed by atoms with Crippen LogP contribution in [0, 0.1) is 0 Å². The second-order valence-electron chi connectivity index (χ2n) is 4.00. The van der Waals surface area contributed by atoms with Gasteiger partial charge in [0.05, 0.1) is 29.0 Å². The monoisotopic (exact) mass is 252 g/mol. The Hall–Kier alpha value is -2.44. The number of para-hydroxylation sites is 1. The van der Waals surface area contributed by atoms with Gasteiger partial charge in [-0.25, -0.2) is 5.43 Å². The van der Waals surface area contributed by atoms with Gasteiger partial charge in [-0.15, -0.1) is 0 Å². The Morgan fingerprint density at radius 3 is 2.63 bits per heavy atom. The molecular formula is C13H12N6. The van der Waals surface area contributed by atoms with Gasteiger partial charge in [0.1, 0.15) is 0 Å². The number of nitrogens with zero attached hydrogens (tertiary/aromatic N) is 4. The van der Waals surface area contributed by atoms with E-state index < -0.39 is 0 Å². The summed E-state index contributed by atoms with van der Waals surface area (Å²) in [4.78, 5) is 17.0. The SMILES string of the molecule is NNC(c1cnccn1)c1cccc2nccnc12. The zero-order chi connectivity index (χ0) is 13.1. The molecule has 0 fully saturated rings. The van der Waals surface area contributed by atoms with Gasteiger partial charge < -0.3 is 0 Å². The lowest BCUT2D eigenvalue weighted by Crippen LogP contribution is -2.29. The fourth-order valence-corrected chi connectivity index (χ4v) is 2.04. The summed E-state index contributed by atoms with van der Waals surface area (Å²) in [7, 11) is 0. The first-order chi connectivity index (χ1) is 9.40. The van der Waals surface area contributed by atoms with E-state index in [-0.39, 0.29) is 6.04 Å². The molecular weight excluding hydrogens is 240 g/mol. The van der Waals surface area contributed by atoms with Crippen LogP contribution in [0.25, 0.3) is 11.0 Å². The summed E-state index contributed by atoms with van der Waals surface area (Å²) in [5.41, 5.74) is 6.05. The Morgan fingerprint density at radius 1 is 1.00 bits per heavy atom. The molecule has 0 aliphatic carbocycles. The van der Waals surface area contributed by atoms with Crippen LogP contribution >= 0.6 is 0 Å². The van der Waals surface area contributed by atoms with Crippen LogP contribution in [-0.2, 0) is 0 Å². The fraction of sp³-hybridized carbons (Fsp3) is 0.0769. The summed E-state index contributed by atoms with van der Waals surface area (Å²) in [5.74, 6) is 5.66. The molecule has 1 atom stereocenters.